The predicted octanol–water partition coefficient (Wildman–Crippen LogP) is 2.14. The summed E-state index contributed by atoms with van der Waals surface area (Å²) in [4.78, 5) is 0.113. The minimum atomic E-state index is -3.61. The van der Waals surface area contributed by atoms with E-state index in [1.807, 2.05) is 6.07 Å². The van der Waals surface area contributed by atoms with Gasteiger partial charge in [0.15, 0.2) is 0 Å². The fourth-order valence-electron chi connectivity index (χ4n) is 2.41. The SMILES string of the molecule is Cl.N#Cc1ccc(S(=O)(=O)N2CCCCC2CN)cc1Cl. The summed E-state index contributed by atoms with van der Waals surface area (Å²) >= 11 is 5.91. The van der Waals surface area contributed by atoms with Crippen molar-refractivity contribution in [1.29, 1.82) is 5.26 Å². The van der Waals surface area contributed by atoms with E-state index in [9.17, 15) is 8.42 Å². The Bertz CT molecular complexity index is 643. The molecule has 0 amide bonds. The van der Waals surface area contributed by atoms with E-state index in [0.29, 0.717) is 13.1 Å². The van der Waals surface area contributed by atoms with E-state index in [1.54, 1.807) is 0 Å². The third-order valence-corrected chi connectivity index (χ3v) is 5.77. The van der Waals surface area contributed by atoms with Crippen LogP contribution in [0.4, 0.5) is 0 Å². The van der Waals surface area contributed by atoms with E-state index in [0.717, 1.165) is 19.3 Å². The number of benzene rings is 1. The van der Waals surface area contributed by atoms with E-state index >= 15 is 0 Å². The van der Waals surface area contributed by atoms with Gasteiger partial charge in [-0.1, -0.05) is 18.0 Å². The molecule has 1 aliphatic heterocycles. The molecule has 0 bridgehead atoms. The van der Waals surface area contributed by atoms with E-state index in [2.05, 4.69) is 0 Å². The number of halogens is 2. The molecule has 0 aliphatic carbocycles. The van der Waals surface area contributed by atoms with Crippen molar-refractivity contribution in [3.8, 4) is 6.07 Å². The second-order valence-electron chi connectivity index (χ2n) is 4.75. The highest BCUT2D eigenvalue weighted by atomic mass is 35.5. The van der Waals surface area contributed by atoms with Crippen molar-refractivity contribution >= 4 is 34.0 Å². The maximum absolute atomic E-state index is 12.6. The maximum atomic E-state index is 12.6. The van der Waals surface area contributed by atoms with Crippen molar-refractivity contribution in [2.24, 2.45) is 5.73 Å². The van der Waals surface area contributed by atoms with Gasteiger partial charge in [-0.25, -0.2) is 8.42 Å². The Hall–Kier alpha value is -0.840. The highest BCUT2D eigenvalue weighted by molar-refractivity contribution is 7.89. The molecular weight excluding hydrogens is 333 g/mol. The van der Waals surface area contributed by atoms with Crippen LogP contribution in [0, 0.1) is 11.3 Å². The first kappa shape index (κ1) is 18.2. The Labute approximate surface area is 136 Å². The summed E-state index contributed by atoms with van der Waals surface area (Å²) in [6.45, 7) is 0.783. The lowest BCUT2D eigenvalue weighted by atomic mass is 10.1. The number of piperidine rings is 1. The van der Waals surface area contributed by atoms with Gasteiger partial charge in [0.2, 0.25) is 10.0 Å². The average Bonchev–Trinajstić information content (AvgIpc) is 2.47. The molecule has 0 saturated carbocycles. The van der Waals surface area contributed by atoms with Crippen molar-refractivity contribution in [1.82, 2.24) is 4.31 Å². The predicted molar refractivity (Wildman–Crippen MR) is 84.0 cm³/mol. The molecule has 2 rings (SSSR count). The summed E-state index contributed by atoms with van der Waals surface area (Å²) in [5.41, 5.74) is 5.93. The topological polar surface area (TPSA) is 87.2 Å². The number of sulfonamides is 1. The summed E-state index contributed by atoms with van der Waals surface area (Å²) < 4.78 is 26.7. The number of nitriles is 1. The summed E-state index contributed by atoms with van der Waals surface area (Å²) in [7, 11) is -3.61. The van der Waals surface area contributed by atoms with Crippen molar-refractivity contribution in [3.05, 3.63) is 28.8 Å². The fourth-order valence-corrected chi connectivity index (χ4v) is 4.43. The highest BCUT2D eigenvalue weighted by Gasteiger charge is 2.32. The fraction of sp³-hybridized carbons (Fsp3) is 0.462. The van der Waals surface area contributed by atoms with Crippen LogP contribution in [-0.4, -0.2) is 31.9 Å². The molecule has 1 aliphatic rings. The molecule has 1 heterocycles. The molecule has 2 N–H and O–H groups in total. The van der Waals surface area contributed by atoms with Gasteiger partial charge in [-0.3, -0.25) is 0 Å². The quantitative estimate of drug-likeness (QED) is 0.905. The molecule has 5 nitrogen and oxygen atoms in total. The standard InChI is InChI=1S/C13H16ClN3O2S.ClH/c14-13-7-12(5-4-10(13)8-15)20(18,19)17-6-2-1-3-11(17)9-16;/h4-5,7,11H,1-3,6,9,16H2;1H. The molecule has 1 aromatic rings. The molecule has 1 unspecified atom stereocenters. The van der Waals surface area contributed by atoms with Gasteiger partial charge < -0.3 is 5.73 Å². The second kappa shape index (κ2) is 7.43. The molecule has 8 heteroatoms. The van der Waals surface area contributed by atoms with E-state index in [-0.39, 0.29) is 33.9 Å². The second-order valence-corrected chi connectivity index (χ2v) is 7.05. The molecule has 1 saturated heterocycles. The van der Waals surface area contributed by atoms with Crippen LogP contribution in [0.15, 0.2) is 23.1 Å². The molecule has 1 aromatic carbocycles. The van der Waals surface area contributed by atoms with Gasteiger partial charge in [-0.05, 0) is 31.0 Å². The van der Waals surface area contributed by atoms with Crippen LogP contribution >= 0.6 is 24.0 Å². The minimum absolute atomic E-state index is 0. The smallest absolute Gasteiger partial charge is 0.243 e. The van der Waals surface area contributed by atoms with Crippen LogP contribution in [0.2, 0.25) is 5.02 Å². The maximum Gasteiger partial charge on any atom is 0.243 e. The zero-order valence-electron chi connectivity index (χ0n) is 11.3. The van der Waals surface area contributed by atoms with Crippen molar-refractivity contribution in [3.63, 3.8) is 0 Å². The first-order valence-electron chi connectivity index (χ1n) is 6.42. The summed E-state index contributed by atoms with van der Waals surface area (Å²) in [5.74, 6) is 0. The first-order chi connectivity index (χ1) is 9.50. The molecule has 116 valence electrons. The van der Waals surface area contributed by atoms with Gasteiger partial charge in [-0.15, -0.1) is 12.4 Å². The zero-order chi connectivity index (χ0) is 14.8. The van der Waals surface area contributed by atoms with Crippen LogP contribution in [0.1, 0.15) is 24.8 Å². The van der Waals surface area contributed by atoms with E-state index < -0.39 is 10.0 Å². The van der Waals surface area contributed by atoms with Gasteiger partial charge in [0.1, 0.15) is 6.07 Å². The van der Waals surface area contributed by atoms with Gasteiger partial charge in [-0.2, -0.15) is 9.57 Å². The van der Waals surface area contributed by atoms with Crippen LogP contribution in [0.3, 0.4) is 0 Å². The third kappa shape index (κ3) is 3.68. The Balaban J connectivity index is 0.00000220. The van der Waals surface area contributed by atoms with E-state index in [4.69, 9.17) is 22.6 Å². The number of nitrogens with two attached hydrogens (primary N) is 1. The lowest BCUT2D eigenvalue weighted by Crippen LogP contribution is -2.47. The summed E-state index contributed by atoms with van der Waals surface area (Å²) in [6.07, 6.45) is 2.60. The number of rotatable bonds is 3. The lowest BCUT2D eigenvalue weighted by Gasteiger charge is -2.33. The van der Waals surface area contributed by atoms with Crippen molar-refractivity contribution in [2.45, 2.75) is 30.2 Å². The molecule has 1 atom stereocenters. The van der Waals surface area contributed by atoms with Crippen molar-refractivity contribution in [2.75, 3.05) is 13.1 Å². The van der Waals surface area contributed by atoms with Crippen LogP contribution in [-0.2, 0) is 10.0 Å². The molecule has 21 heavy (non-hydrogen) atoms. The zero-order valence-corrected chi connectivity index (χ0v) is 13.7. The third-order valence-electron chi connectivity index (χ3n) is 3.51. The largest absolute Gasteiger partial charge is 0.329 e. The monoisotopic (exact) mass is 349 g/mol. The molecule has 0 aromatic heterocycles. The normalized spacial score (nSPS) is 19.6. The average molecular weight is 350 g/mol. The molecule has 0 spiro atoms. The molecule has 0 radical (unpaired) electrons. The number of hydrogen-bond donors (Lipinski definition) is 1. The molecular formula is C13H17Cl2N3O2S. The van der Waals surface area contributed by atoms with Crippen LogP contribution in [0.5, 0.6) is 0 Å². The Morgan fingerprint density at radius 2 is 2.14 bits per heavy atom. The molecule has 1 fully saturated rings. The minimum Gasteiger partial charge on any atom is -0.329 e. The Morgan fingerprint density at radius 3 is 2.71 bits per heavy atom. The highest BCUT2D eigenvalue weighted by Crippen LogP contribution is 2.27. The van der Waals surface area contributed by atoms with Gasteiger partial charge in [0.05, 0.1) is 15.5 Å². The van der Waals surface area contributed by atoms with Gasteiger partial charge >= 0.3 is 0 Å². The lowest BCUT2D eigenvalue weighted by molar-refractivity contribution is 0.257. The Kier molecular flexibility index (Phi) is 6.44. The Morgan fingerprint density at radius 1 is 1.43 bits per heavy atom. The first-order valence-corrected chi connectivity index (χ1v) is 8.24. The van der Waals surface area contributed by atoms with Gasteiger partial charge in [0.25, 0.3) is 0 Å². The number of nitrogens with zero attached hydrogens (tertiary/aromatic N) is 2. The summed E-state index contributed by atoms with van der Waals surface area (Å²) in [5, 5.41) is 8.98. The van der Waals surface area contributed by atoms with Crippen molar-refractivity contribution < 1.29 is 8.42 Å². The summed E-state index contributed by atoms with van der Waals surface area (Å²) in [6, 6.07) is 5.93. The number of hydrogen-bond acceptors (Lipinski definition) is 4. The van der Waals surface area contributed by atoms with Gasteiger partial charge in [0, 0.05) is 19.1 Å². The van der Waals surface area contributed by atoms with Crippen LogP contribution in [0.25, 0.3) is 0 Å². The van der Waals surface area contributed by atoms with Crippen LogP contribution < -0.4 is 5.73 Å². The van der Waals surface area contributed by atoms with E-state index in [1.165, 1.54) is 22.5 Å².